The van der Waals surface area contributed by atoms with Gasteiger partial charge in [-0.2, -0.15) is 0 Å². The van der Waals surface area contributed by atoms with Crippen LogP contribution in [0.5, 0.6) is 5.75 Å². The summed E-state index contributed by atoms with van der Waals surface area (Å²) in [6.07, 6.45) is 7.16. The minimum atomic E-state index is -0.271. The van der Waals surface area contributed by atoms with Crippen molar-refractivity contribution in [3.05, 3.63) is 46.8 Å². The number of aromatic nitrogens is 2. The Hall–Kier alpha value is -2.50. The van der Waals surface area contributed by atoms with E-state index in [4.69, 9.17) is 5.41 Å². The van der Waals surface area contributed by atoms with E-state index in [1.807, 2.05) is 29.1 Å². The van der Waals surface area contributed by atoms with Crippen LogP contribution in [0, 0.1) is 11.3 Å². The first-order valence-corrected chi connectivity index (χ1v) is 11.7. The highest BCUT2D eigenvalue weighted by molar-refractivity contribution is 6.00. The molecule has 1 heterocycles. The summed E-state index contributed by atoms with van der Waals surface area (Å²) < 4.78 is 3.74. The molecule has 1 aromatic carbocycles. The van der Waals surface area contributed by atoms with Crippen molar-refractivity contribution < 1.29 is 10.3 Å². The minimum absolute atomic E-state index is 0.271. The van der Waals surface area contributed by atoms with E-state index in [1.54, 1.807) is 4.57 Å². The van der Waals surface area contributed by atoms with Gasteiger partial charge in [-0.05, 0) is 35.3 Å². The standard InChI is InChI=1S/C26H42N4O2/c1-9-18(10-2)11-12-29-13-14-30(24(29)27)17-22(28-32)19-15-20(25(3,4)5)23(31)21(16-19)26(6,7)8/h13-16,18,27,31-32H,9-12,17H2,1-8H3/b27-24?,28-22-. The number of phenolic OH excluding ortho intramolecular Hbond substituents is 1. The lowest BCUT2D eigenvalue weighted by Gasteiger charge is -2.28. The number of aromatic hydroxyl groups is 1. The van der Waals surface area contributed by atoms with Crippen LogP contribution in [0.25, 0.3) is 0 Å². The first-order chi connectivity index (χ1) is 14.8. The zero-order valence-corrected chi connectivity index (χ0v) is 21.2. The number of hydrogen-bond donors (Lipinski definition) is 3. The van der Waals surface area contributed by atoms with Crippen molar-refractivity contribution in [2.75, 3.05) is 0 Å². The largest absolute Gasteiger partial charge is 0.507 e. The molecule has 0 fully saturated rings. The number of phenols is 1. The Labute approximate surface area is 193 Å². The fraction of sp³-hybridized carbons (Fsp3) is 0.615. The van der Waals surface area contributed by atoms with Gasteiger partial charge in [0.25, 0.3) is 0 Å². The second-order valence-electron chi connectivity index (χ2n) is 10.9. The number of hydrogen-bond acceptors (Lipinski definition) is 4. The maximum atomic E-state index is 11.0. The van der Waals surface area contributed by atoms with Crippen LogP contribution in [0.4, 0.5) is 0 Å². The third-order valence-corrected chi connectivity index (χ3v) is 6.40. The van der Waals surface area contributed by atoms with Crippen molar-refractivity contribution in [1.82, 2.24) is 9.13 Å². The average molecular weight is 443 g/mol. The van der Waals surface area contributed by atoms with Crippen LogP contribution in [-0.4, -0.2) is 25.2 Å². The number of oxime groups is 1. The first-order valence-electron chi connectivity index (χ1n) is 11.7. The second-order valence-corrected chi connectivity index (χ2v) is 10.9. The van der Waals surface area contributed by atoms with Gasteiger partial charge in [-0.25, -0.2) is 0 Å². The van der Waals surface area contributed by atoms with Crippen molar-refractivity contribution >= 4 is 5.71 Å². The van der Waals surface area contributed by atoms with Gasteiger partial charge in [-0.15, -0.1) is 0 Å². The summed E-state index contributed by atoms with van der Waals surface area (Å²) in [5, 5.41) is 33.0. The Morgan fingerprint density at radius 2 is 1.47 bits per heavy atom. The summed E-state index contributed by atoms with van der Waals surface area (Å²) in [4.78, 5) is 0. The Kier molecular flexibility index (Phi) is 8.02. The van der Waals surface area contributed by atoms with E-state index in [1.165, 1.54) is 0 Å². The first kappa shape index (κ1) is 25.8. The molecule has 0 atom stereocenters. The summed E-state index contributed by atoms with van der Waals surface area (Å²) in [5.74, 6) is 0.968. The second kappa shape index (κ2) is 9.97. The monoisotopic (exact) mass is 442 g/mol. The molecule has 0 aliphatic carbocycles. The van der Waals surface area contributed by atoms with Gasteiger partial charge in [-0.3, -0.25) is 5.41 Å². The van der Waals surface area contributed by atoms with E-state index in [9.17, 15) is 10.3 Å². The third-order valence-electron chi connectivity index (χ3n) is 6.40. The maximum Gasteiger partial charge on any atom is 0.202 e. The molecule has 32 heavy (non-hydrogen) atoms. The molecule has 2 rings (SSSR count). The maximum absolute atomic E-state index is 11.0. The summed E-state index contributed by atoms with van der Waals surface area (Å²) in [6, 6.07) is 3.82. The molecule has 0 radical (unpaired) electrons. The SMILES string of the molecule is CCC(CC)CCn1ccn(C/C(=N/O)c2cc(C(C)(C)C)c(O)c(C(C)(C)C)c2)c1=N. The Balaban J connectivity index is 2.41. The molecule has 0 unspecified atom stereocenters. The molecular weight excluding hydrogens is 400 g/mol. The van der Waals surface area contributed by atoms with Crippen LogP contribution < -0.4 is 5.62 Å². The normalized spacial score (nSPS) is 13.2. The smallest absolute Gasteiger partial charge is 0.202 e. The predicted molar refractivity (Wildman–Crippen MR) is 131 cm³/mol. The predicted octanol–water partition coefficient (Wildman–Crippen LogP) is 5.77. The fourth-order valence-electron chi connectivity index (χ4n) is 4.08. The molecule has 178 valence electrons. The molecule has 0 saturated heterocycles. The number of imidazole rings is 1. The van der Waals surface area contributed by atoms with Gasteiger partial charge in [0.2, 0.25) is 5.62 Å². The van der Waals surface area contributed by atoms with Crippen LogP contribution in [0.2, 0.25) is 0 Å². The van der Waals surface area contributed by atoms with Crippen molar-refractivity contribution in [3.63, 3.8) is 0 Å². The van der Waals surface area contributed by atoms with Gasteiger partial charge < -0.3 is 19.4 Å². The highest BCUT2D eigenvalue weighted by atomic mass is 16.4. The Bertz CT molecular complexity index is 961. The summed E-state index contributed by atoms with van der Waals surface area (Å²) in [5.41, 5.74) is 2.72. The lowest BCUT2D eigenvalue weighted by Crippen LogP contribution is -2.28. The number of nitrogens with zero attached hydrogens (tertiary/aromatic N) is 3. The zero-order chi connectivity index (χ0) is 24.3. The molecule has 6 nitrogen and oxygen atoms in total. The quantitative estimate of drug-likeness (QED) is 0.275. The highest BCUT2D eigenvalue weighted by Gasteiger charge is 2.27. The fourth-order valence-corrected chi connectivity index (χ4v) is 4.08. The number of benzene rings is 1. The lowest BCUT2D eigenvalue weighted by atomic mass is 9.78. The molecule has 0 aliphatic rings. The van der Waals surface area contributed by atoms with E-state index in [0.29, 0.717) is 23.0 Å². The van der Waals surface area contributed by atoms with Gasteiger partial charge in [0.15, 0.2) is 0 Å². The van der Waals surface area contributed by atoms with Gasteiger partial charge in [0.1, 0.15) is 11.5 Å². The molecule has 0 aliphatic heterocycles. The Morgan fingerprint density at radius 3 is 1.91 bits per heavy atom. The van der Waals surface area contributed by atoms with Crippen molar-refractivity contribution in [2.45, 2.75) is 98.6 Å². The van der Waals surface area contributed by atoms with Gasteiger partial charge in [0.05, 0.1) is 6.54 Å². The molecule has 6 heteroatoms. The zero-order valence-electron chi connectivity index (χ0n) is 21.2. The molecular formula is C26H42N4O2. The van der Waals surface area contributed by atoms with E-state index < -0.39 is 0 Å². The number of rotatable bonds is 8. The van der Waals surface area contributed by atoms with Crippen molar-refractivity contribution in [1.29, 1.82) is 5.41 Å². The Morgan fingerprint density at radius 1 is 0.969 bits per heavy atom. The average Bonchev–Trinajstić information content (AvgIpc) is 3.05. The highest BCUT2D eigenvalue weighted by Crippen LogP contribution is 2.40. The molecule has 0 spiro atoms. The molecule has 2 aromatic rings. The van der Waals surface area contributed by atoms with Gasteiger partial charge >= 0.3 is 0 Å². The van der Waals surface area contributed by atoms with E-state index in [-0.39, 0.29) is 17.4 Å². The molecule has 3 N–H and O–H groups in total. The number of aryl methyl sites for hydroxylation is 1. The van der Waals surface area contributed by atoms with Crippen LogP contribution in [-0.2, 0) is 23.9 Å². The van der Waals surface area contributed by atoms with Crippen LogP contribution in [0.3, 0.4) is 0 Å². The van der Waals surface area contributed by atoms with Gasteiger partial charge in [0, 0.05) is 35.6 Å². The van der Waals surface area contributed by atoms with E-state index >= 15 is 0 Å². The number of nitrogens with one attached hydrogen (secondary N) is 1. The van der Waals surface area contributed by atoms with E-state index in [0.717, 1.165) is 42.5 Å². The minimum Gasteiger partial charge on any atom is -0.507 e. The summed E-state index contributed by atoms with van der Waals surface area (Å²) >= 11 is 0. The van der Waals surface area contributed by atoms with Crippen molar-refractivity contribution in [2.24, 2.45) is 11.1 Å². The third kappa shape index (κ3) is 5.84. The van der Waals surface area contributed by atoms with Gasteiger partial charge in [-0.1, -0.05) is 73.4 Å². The van der Waals surface area contributed by atoms with Crippen LogP contribution in [0.1, 0.15) is 91.3 Å². The van der Waals surface area contributed by atoms with Crippen LogP contribution in [0.15, 0.2) is 29.7 Å². The molecule has 1 aromatic heterocycles. The van der Waals surface area contributed by atoms with E-state index in [2.05, 4.69) is 60.5 Å². The molecule has 0 bridgehead atoms. The lowest BCUT2D eigenvalue weighted by molar-refractivity contribution is 0.317. The summed E-state index contributed by atoms with van der Waals surface area (Å²) in [7, 11) is 0. The summed E-state index contributed by atoms with van der Waals surface area (Å²) in [6.45, 7) is 17.9. The van der Waals surface area contributed by atoms with Crippen LogP contribution >= 0.6 is 0 Å². The van der Waals surface area contributed by atoms with Crippen molar-refractivity contribution in [3.8, 4) is 5.75 Å². The topological polar surface area (TPSA) is 86.5 Å². The molecule has 0 saturated carbocycles. The molecule has 0 amide bonds.